The number of carbonyl (C=O) groups is 1. The van der Waals surface area contributed by atoms with Crippen LogP contribution in [-0.4, -0.2) is 41.9 Å². The molecule has 0 aliphatic carbocycles. The predicted molar refractivity (Wildman–Crippen MR) is 121 cm³/mol. The van der Waals surface area contributed by atoms with Crippen LogP contribution < -0.4 is 10.3 Å². The summed E-state index contributed by atoms with van der Waals surface area (Å²) in [6.45, 7) is 3.17. The lowest BCUT2D eigenvalue weighted by Crippen LogP contribution is -2.38. The van der Waals surface area contributed by atoms with E-state index in [0.29, 0.717) is 6.42 Å². The molecule has 1 fully saturated rings. The van der Waals surface area contributed by atoms with Crippen LogP contribution in [0.1, 0.15) is 68.6 Å². The van der Waals surface area contributed by atoms with Crippen molar-refractivity contribution in [1.29, 1.82) is 0 Å². The Hall–Kier alpha value is -2.55. The highest BCUT2D eigenvalue weighted by atomic mass is 19.2. The molecule has 6 nitrogen and oxygen atoms in total. The van der Waals surface area contributed by atoms with Crippen molar-refractivity contribution in [2.24, 2.45) is 0 Å². The number of unbranched alkanes of at least 4 members (excludes halogenated alkanes) is 7. The van der Waals surface area contributed by atoms with Gasteiger partial charge in [0.1, 0.15) is 11.3 Å². The zero-order valence-electron chi connectivity index (χ0n) is 19.0. The predicted octanol–water partition coefficient (Wildman–Crippen LogP) is 5.09. The van der Waals surface area contributed by atoms with E-state index in [-0.39, 0.29) is 32.8 Å². The molecule has 1 aliphatic heterocycles. The molecule has 0 bridgehead atoms. The highest BCUT2D eigenvalue weighted by molar-refractivity contribution is 5.94. The Balaban J connectivity index is 1.97. The Morgan fingerprint density at radius 2 is 1.58 bits per heavy atom. The average Bonchev–Trinajstić information content (AvgIpc) is 2.80. The van der Waals surface area contributed by atoms with Gasteiger partial charge >= 0.3 is 5.97 Å². The van der Waals surface area contributed by atoms with Crippen LogP contribution in [0.3, 0.4) is 0 Å². The number of pyridine rings is 1. The first kappa shape index (κ1) is 25.1. The molecule has 2 heterocycles. The molecule has 33 heavy (non-hydrogen) atoms. The molecule has 0 saturated carbocycles. The number of carboxylic acid groups (broad SMARTS) is 1. The Morgan fingerprint density at radius 1 is 0.970 bits per heavy atom. The quantitative estimate of drug-likeness (QED) is 0.367. The van der Waals surface area contributed by atoms with Crippen LogP contribution >= 0.6 is 0 Å². The van der Waals surface area contributed by atoms with Gasteiger partial charge in [-0.1, -0.05) is 51.9 Å². The van der Waals surface area contributed by atoms with Crippen LogP contribution in [0.4, 0.5) is 18.9 Å². The van der Waals surface area contributed by atoms with Crippen LogP contribution in [0.15, 0.2) is 11.0 Å². The first-order valence-corrected chi connectivity index (χ1v) is 11.7. The van der Waals surface area contributed by atoms with Crippen molar-refractivity contribution in [3.63, 3.8) is 0 Å². The van der Waals surface area contributed by atoms with E-state index in [0.717, 1.165) is 31.9 Å². The van der Waals surface area contributed by atoms with E-state index < -0.39 is 51.0 Å². The number of nitrogens with zero attached hydrogens (tertiary/aromatic N) is 2. The van der Waals surface area contributed by atoms with Gasteiger partial charge in [0.2, 0.25) is 5.43 Å². The lowest BCUT2D eigenvalue weighted by atomic mass is 10.1. The monoisotopic (exact) mass is 468 g/mol. The maximum atomic E-state index is 15.6. The number of fused-ring (bicyclic) bond motifs is 1. The second-order valence-electron chi connectivity index (χ2n) is 8.46. The summed E-state index contributed by atoms with van der Waals surface area (Å²) < 4.78 is 52.0. The molecule has 0 unspecified atom stereocenters. The van der Waals surface area contributed by atoms with Crippen LogP contribution in [0.25, 0.3) is 10.9 Å². The number of hydrogen-bond acceptors (Lipinski definition) is 4. The molecule has 1 saturated heterocycles. The molecule has 182 valence electrons. The number of aromatic carboxylic acids is 1. The van der Waals surface area contributed by atoms with E-state index in [1.165, 1.54) is 28.7 Å². The molecule has 1 N–H and O–H groups in total. The molecule has 3 rings (SSSR count). The van der Waals surface area contributed by atoms with E-state index in [9.17, 15) is 19.1 Å². The van der Waals surface area contributed by atoms with E-state index in [1.54, 1.807) is 0 Å². The highest BCUT2D eigenvalue weighted by Gasteiger charge is 2.30. The van der Waals surface area contributed by atoms with Gasteiger partial charge in [-0.05, 0) is 6.42 Å². The summed E-state index contributed by atoms with van der Waals surface area (Å²) in [7, 11) is 0. The third-order valence-corrected chi connectivity index (χ3v) is 6.13. The minimum atomic E-state index is -1.57. The van der Waals surface area contributed by atoms with Gasteiger partial charge in [0.15, 0.2) is 17.5 Å². The minimum absolute atomic E-state index is 0.175. The lowest BCUT2D eigenvalue weighted by Gasteiger charge is -2.30. The maximum absolute atomic E-state index is 15.6. The molecule has 0 amide bonds. The fraction of sp³-hybridized carbons (Fsp3) is 0.583. The molecular weight excluding hydrogens is 437 g/mol. The minimum Gasteiger partial charge on any atom is -0.477 e. The largest absolute Gasteiger partial charge is 0.477 e. The summed E-state index contributed by atoms with van der Waals surface area (Å²) in [5.41, 5.74) is -2.88. The maximum Gasteiger partial charge on any atom is 0.341 e. The first-order valence-electron chi connectivity index (χ1n) is 11.7. The first-order chi connectivity index (χ1) is 15.9. The fourth-order valence-electron chi connectivity index (χ4n) is 4.34. The molecule has 1 aromatic carbocycles. The number of aromatic nitrogens is 1. The number of aryl methyl sites for hydroxylation is 1. The SMILES string of the molecule is CCCCCCCCCCn1cc(C(=O)O)c(=O)c2c(F)c(F)c(N3CCOCC3)c(F)c21. The standard InChI is InChI=1S/C24H31F3N2O4/c1-2-3-4-5-6-7-8-9-10-29-15-16(24(31)32)23(30)17-18(25)19(26)22(20(27)21(17)29)28-11-13-33-14-12-28/h15H,2-14H2,1H3,(H,31,32). The van der Waals surface area contributed by atoms with E-state index in [2.05, 4.69) is 6.92 Å². The Morgan fingerprint density at radius 3 is 2.18 bits per heavy atom. The molecule has 0 radical (unpaired) electrons. The van der Waals surface area contributed by atoms with Gasteiger partial charge in [-0.3, -0.25) is 4.79 Å². The number of anilines is 1. The molecule has 2 aromatic rings. The molecule has 1 aliphatic rings. The summed E-state index contributed by atoms with van der Waals surface area (Å²) in [6.07, 6.45) is 9.19. The normalized spacial score (nSPS) is 14.2. The summed E-state index contributed by atoms with van der Waals surface area (Å²) >= 11 is 0. The Bertz CT molecular complexity index is 1050. The summed E-state index contributed by atoms with van der Waals surface area (Å²) in [4.78, 5) is 25.6. The molecule has 0 atom stereocenters. The summed E-state index contributed by atoms with van der Waals surface area (Å²) in [5, 5.41) is 8.54. The molecule has 0 spiro atoms. The zero-order chi connectivity index (χ0) is 24.0. The number of morpholine rings is 1. The number of ether oxygens (including phenoxy) is 1. The number of rotatable bonds is 11. The Labute approximate surface area is 190 Å². The van der Waals surface area contributed by atoms with Gasteiger partial charge in [-0.15, -0.1) is 0 Å². The number of carboxylic acids is 1. The van der Waals surface area contributed by atoms with Crippen molar-refractivity contribution in [2.75, 3.05) is 31.2 Å². The summed E-state index contributed by atoms with van der Waals surface area (Å²) in [6, 6.07) is 0. The smallest absolute Gasteiger partial charge is 0.341 e. The molecule has 9 heteroatoms. The molecule has 1 aromatic heterocycles. The zero-order valence-corrected chi connectivity index (χ0v) is 19.0. The van der Waals surface area contributed by atoms with Crippen molar-refractivity contribution < 1.29 is 27.8 Å². The van der Waals surface area contributed by atoms with Crippen molar-refractivity contribution in [2.45, 2.75) is 64.8 Å². The van der Waals surface area contributed by atoms with Crippen molar-refractivity contribution in [1.82, 2.24) is 4.57 Å². The van der Waals surface area contributed by atoms with E-state index in [4.69, 9.17) is 4.74 Å². The van der Waals surface area contributed by atoms with Crippen LogP contribution in [0.2, 0.25) is 0 Å². The van der Waals surface area contributed by atoms with Gasteiger partial charge in [0.05, 0.1) is 24.1 Å². The fourth-order valence-corrected chi connectivity index (χ4v) is 4.34. The summed E-state index contributed by atoms with van der Waals surface area (Å²) in [5.74, 6) is -5.63. The van der Waals surface area contributed by atoms with Crippen molar-refractivity contribution in [3.05, 3.63) is 39.4 Å². The number of hydrogen-bond donors (Lipinski definition) is 1. The third kappa shape index (κ3) is 5.51. The topological polar surface area (TPSA) is 71.8 Å². The van der Waals surface area contributed by atoms with Gasteiger partial charge in [-0.25, -0.2) is 18.0 Å². The Kier molecular flexibility index (Phi) is 8.77. The van der Waals surface area contributed by atoms with Crippen molar-refractivity contribution >= 4 is 22.6 Å². The van der Waals surface area contributed by atoms with E-state index >= 15 is 8.78 Å². The van der Waals surface area contributed by atoms with Crippen molar-refractivity contribution in [3.8, 4) is 0 Å². The van der Waals surface area contributed by atoms with Crippen LogP contribution in [0, 0.1) is 17.5 Å². The van der Waals surface area contributed by atoms with Crippen LogP contribution in [-0.2, 0) is 11.3 Å². The average molecular weight is 469 g/mol. The van der Waals surface area contributed by atoms with Gasteiger partial charge < -0.3 is 19.3 Å². The number of benzene rings is 1. The van der Waals surface area contributed by atoms with Gasteiger partial charge in [-0.2, -0.15) is 0 Å². The second kappa shape index (κ2) is 11.5. The number of halogens is 3. The van der Waals surface area contributed by atoms with Gasteiger partial charge in [0.25, 0.3) is 0 Å². The second-order valence-corrected chi connectivity index (χ2v) is 8.46. The highest BCUT2D eigenvalue weighted by Crippen LogP contribution is 2.33. The van der Waals surface area contributed by atoms with E-state index in [1.807, 2.05) is 0 Å². The van der Waals surface area contributed by atoms with Gasteiger partial charge in [0, 0.05) is 25.8 Å². The van der Waals surface area contributed by atoms with Crippen LogP contribution in [0.5, 0.6) is 0 Å². The lowest BCUT2D eigenvalue weighted by molar-refractivity contribution is 0.0694. The molecular formula is C24H31F3N2O4. The third-order valence-electron chi connectivity index (χ3n) is 6.13.